The number of carbonyl (C=O) groups excluding carboxylic acids is 1. The van der Waals surface area contributed by atoms with Crippen LogP contribution in [0, 0.1) is 5.92 Å². The minimum atomic E-state index is -2.84. The van der Waals surface area contributed by atoms with Crippen molar-refractivity contribution >= 4 is 11.6 Å². The first-order valence-corrected chi connectivity index (χ1v) is 6.97. The molecular formula is C15H22F2N2O2. The Morgan fingerprint density at radius 2 is 1.81 bits per heavy atom. The molecule has 0 aliphatic heterocycles. The molecule has 0 aliphatic carbocycles. The number of anilines is 1. The first-order chi connectivity index (χ1) is 9.88. The van der Waals surface area contributed by atoms with Crippen LogP contribution in [-0.2, 0) is 4.79 Å². The summed E-state index contributed by atoms with van der Waals surface area (Å²) in [6.07, 6.45) is 0.929. The zero-order valence-electron chi connectivity index (χ0n) is 12.5. The topological polar surface area (TPSA) is 50.4 Å². The molecule has 1 amide bonds. The normalized spacial score (nSPS) is 12.3. The molecule has 0 saturated heterocycles. The van der Waals surface area contributed by atoms with E-state index in [1.807, 2.05) is 0 Å². The van der Waals surface area contributed by atoms with Crippen molar-refractivity contribution in [1.29, 1.82) is 0 Å². The summed E-state index contributed by atoms with van der Waals surface area (Å²) in [5, 5.41) is 5.85. The quantitative estimate of drug-likeness (QED) is 0.775. The Kier molecular flexibility index (Phi) is 6.91. The highest BCUT2D eigenvalue weighted by atomic mass is 19.3. The number of alkyl halides is 2. The van der Waals surface area contributed by atoms with Gasteiger partial charge in [0.05, 0.1) is 0 Å². The summed E-state index contributed by atoms with van der Waals surface area (Å²) < 4.78 is 28.3. The summed E-state index contributed by atoms with van der Waals surface area (Å²) in [5.41, 5.74) is 0.670. The van der Waals surface area contributed by atoms with Gasteiger partial charge in [0.2, 0.25) is 5.91 Å². The van der Waals surface area contributed by atoms with Crippen molar-refractivity contribution in [2.75, 3.05) is 11.9 Å². The van der Waals surface area contributed by atoms with Gasteiger partial charge in [-0.1, -0.05) is 13.8 Å². The number of hydrogen-bond donors (Lipinski definition) is 2. The van der Waals surface area contributed by atoms with E-state index < -0.39 is 12.7 Å². The van der Waals surface area contributed by atoms with Crippen LogP contribution < -0.4 is 15.4 Å². The molecule has 6 heteroatoms. The molecule has 0 saturated carbocycles. The number of benzene rings is 1. The molecule has 21 heavy (non-hydrogen) atoms. The molecule has 0 aromatic heterocycles. The van der Waals surface area contributed by atoms with E-state index >= 15 is 0 Å². The van der Waals surface area contributed by atoms with Gasteiger partial charge in [0.25, 0.3) is 0 Å². The lowest BCUT2D eigenvalue weighted by Gasteiger charge is -2.16. The molecule has 1 rings (SSSR count). The molecule has 4 nitrogen and oxygen atoms in total. The molecule has 0 fully saturated rings. The Morgan fingerprint density at radius 1 is 1.19 bits per heavy atom. The van der Waals surface area contributed by atoms with E-state index in [1.54, 1.807) is 19.1 Å². The van der Waals surface area contributed by atoms with Crippen LogP contribution in [0.2, 0.25) is 0 Å². The number of ether oxygens (including phenoxy) is 1. The minimum absolute atomic E-state index is 0.0876. The van der Waals surface area contributed by atoms with Crippen LogP contribution in [0.15, 0.2) is 24.3 Å². The first-order valence-electron chi connectivity index (χ1n) is 6.97. The van der Waals surface area contributed by atoms with E-state index in [1.165, 1.54) is 12.1 Å². The van der Waals surface area contributed by atoms with Gasteiger partial charge in [0, 0.05) is 12.2 Å². The van der Waals surface area contributed by atoms with Crippen molar-refractivity contribution in [2.24, 2.45) is 5.92 Å². The van der Waals surface area contributed by atoms with E-state index in [0.717, 1.165) is 6.42 Å². The Balaban J connectivity index is 2.43. The molecule has 1 unspecified atom stereocenters. The van der Waals surface area contributed by atoms with Gasteiger partial charge in [0.15, 0.2) is 0 Å². The lowest BCUT2D eigenvalue weighted by Crippen LogP contribution is -2.38. The van der Waals surface area contributed by atoms with Crippen LogP contribution in [0.5, 0.6) is 5.75 Å². The van der Waals surface area contributed by atoms with Crippen LogP contribution in [-0.4, -0.2) is 25.1 Å². The average Bonchev–Trinajstić information content (AvgIpc) is 2.39. The lowest BCUT2D eigenvalue weighted by atomic mass is 10.1. The van der Waals surface area contributed by atoms with Crippen LogP contribution in [0.3, 0.4) is 0 Å². The number of carbonyl (C=O) groups is 1. The standard InChI is InChI=1S/C15H22F2N2O2/c1-10(2)8-9-18-14(20)11(3)19-12-4-6-13(7-5-12)21-15(16)17/h4-7,10-11,15,19H,8-9H2,1-3H3,(H,18,20). The number of amides is 1. The highest BCUT2D eigenvalue weighted by Gasteiger charge is 2.12. The van der Waals surface area contributed by atoms with E-state index in [2.05, 4.69) is 29.2 Å². The molecule has 118 valence electrons. The van der Waals surface area contributed by atoms with Crippen molar-refractivity contribution in [3.63, 3.8) is 0 Å². The Bertz CT molecular complexity index is 436. The number of rotatable bonds is 8. The maximum Gasteiger partial charge on any atom is 0.387 e. The largest absolute Gasteiger partial charge is 0.435 e. The second-order valence-corrected chi connectivity index (χ2v) is 5.24. The predicted octanol–water partition coefficient (Wildman–Crippen LogP) is 3.25. The second kappa shape index (κ2) is 8.44. The SMILES string of the molecule is CC(C)CCNC(=O)C(C)Nc1ccc(OC(F)F)cc1. The smallest absolute Gasteiger partial charge is 0.387 e. The molecule has 1 aromatic carbocycles. The predicted molar refractivity (Wildman–Crippen MR) is 78.6 cm³/mol. The molecule has 1 aromatic rings. The Morgan fingerprint density at radius 3 is 2.33 bits per heavy atom. The lowest BCUT2D eigenvalue weighted by molar-refractivity contribution is -0.121. The van der Waals surface area contributed by atoms with Gasteiger partial charge < -0.3 is 15.4 Å². The van der Waals surface area contributed by atoms with Gasteiger partial charge in [-0.3, -0.25) is 4.79 Å². The summed E-state index contributed by atoms with van der Waals surface area (Å²) in [4.78, 5) is 11.8. The Hall–Kier alpha value is -1.85. The van der Waals surface area contributed by atoms with Gasteiger partial charge in [0.1, 0.15) is 11.8 Å². The van der Waals surface area contributed by atoms with Gasteiger partial charge in [-0.25, -0.2) is 0 Å². The maximum absolute atomic E-state index is 12.0. The highest BCUT2D eigenvalue weighted by Crippen LogP contribution is 2.18. The van der Waals surface area contributed by atoms with Crippen molar-refractivity contribution in [2.45, 2.75) is 39.8 Å². The van der Waals surface area contributed by atoms with E-state index in [9.17, 15) is 13.6 Å². The van der Waals surface area contributed by atoms with Crippen LogP contribution in [0.25, 0.3) is 0 Å². The van der Waals surface area contributed by atoms with Gasteiger partial charge in [-0.05, 0) is 43.5 Å². The summed E-state index contributed by atoms with van der Waals surface area (Å²) >= 11 is 0. The molecule has 0 radical (unpaired) electrons. The molecule has 0 bridgehead atoms. The molecular weight excluding hydrogens is 278 g/mol. The van der Waals surface area contributed by atoms with Gasteiger partial charge in [-0.15, -0.1) is 0 Å². The summed E-state index contributed by atoms with van der Waals surface area (Å²) in [6, 6.07) is 5.64. The van der Waals surface area contributed by atoms with Crippen LogP contribution >= 0.6 is 0 Å². The molecule has 2 N–H and O–H groups in total. The van der Waals surface area contributed by atoms with Crippen molar-refractivity contribution in [3.8, 4) is 5.75 Å². The zero-order valence-corrected chi connectivity index (χ0v) is 12.5. The molecule has 0 heterocycles. The van der Waals surface area contributed by atoms with Crippen molar-refractivity contribution < 1.29 is 18.3 Å². The molecule has 0 aliphatic rings. The van der Waals surface area contributed by atoms with E-state index in [0.29, 0.717) is 18.2 Å². The molecule has 0 spiro atoms. The third-order valence-electron chi connectivity index (χ3n) is 2.88. The van der Waals surface area contributed by atoms with Gasteiger partial charge >= 0.3 is 6.61 Å². The number of nitrogens with one attached hydrogen (secondary N) is 2. The van der Waals surface area contributed by atoms with Crippen LogP contribution in [0.4, 0.5) is 14.5 Å². The first kappa shape index (κ1) is 17.2. The molecule has 1 atom stereocenters. The average molecular weight is 300 g/mol. The second-order valence-electron chi connectivity index (χ2n) is 5.24. The third kappa shape index (κ3) is 6.92. The summed E-state index contributed by atoms with van der Waals surface area (Å²) in [6.45, 7) is 3.74. The third-order valence-corrected chi connectivity index (χ3v) is 2.88. The number of hydrogen-bond acceptors (Lipinski definition) is 3. The fourth-order valence-corrected chi connectivity index (χ4v) is 1.69. The van der Waals surface area contributed by atoms with Gasteiger partial charge in [-0.2, -0.15) is 8.78 Å². The van der Waals surface area contributed by atoms with Crippen LogP contribution in [0.1, 0.15) is 27.2 Å². The zero-order chi connectivity index (χ0) is 15.8. The Labute approximate surface area is 123 Å². The summed E-state index contributed by atoms with van der Waals surface area (Å²) in [7, 11) is 0. The minimum Gasteiger partial charge on any atom is -0.435 e. The van der Waals surface area contributed by atoms with Crippen molar-refractivity contribution in [1.82, 2.24) is 5.32 Å². The summed E-state index contributed by atoms with van der Waals surface area (Å²) in [5.74, 6) is 0.532. The maximum atomic E-state index is 12.0. The fraction of sp³-hybridized carbons (Fsp3) is 0.533. The van der Waals surface area contributed by atoms with E-state index in [-0.39, 0.29) is 11.7 Å². The van der Waals surface area contributed by atoms with Crippen molar-refractivity contribution in [3.05, 3.63) is 24.3 Å². The monoisotopic (exact) mass is 300 g/mol. The van der Waals surface area contributed by atoms with E-state index in [4.69, 9.17) is 0 Å². The number of halogens is 2. The fourth-order valence-electron chi connectivity index (χ4n) is 1.69. The highest BCUT2D eigenvalue weighted by molar-refractivity contribution is 5.84.